The Labute approximate surface area is 183 Å². The molecule has 0 atom stereocenters. The van der Waals surface area contributed by atoms with Crippen LogP contribution in [0.25, 0.3) is 0 Å². The molecule has 0 bridgehead atoms. The number of sulfonamides is 1. The molecule has 0 aromatic heterocycles. The number of nitrogens with one attached hydrogen (secondary N) is 2. The number of rotatable bonds is 7. The van der Waals surface area contributed by atoms with Crippen LogP contribution in [0.1, 0.15) is 45.4 Å². The summed E-state index contributed by atoms with van der Waals surface area (Å²) >= 11 is 0. The van der Waals surface area contributed by atoms with Gasteiger partial charge in [-0.3, -0.25) is 4.79 Å². The number of amidine groups is 1. The van der Waals surface area contributed by atoms with Gasteiger partial charge in [0.05, 0.1) is 12.3 Å². The van der Waals surface area contributed by atoms with E-state index in [1.165, 1.54) is 0 Å². The Hall–Kier alpha value is -2.87. The summed E-state index contributed by atoms with van der Waals surface area (Å²) in [5.41, 5.74) is 0.953. The molecule has 1 aliphatic heterocycles. The number of nitrogens with zero attached hydrogens (tertiary/aromatic N) is 1. The summed E-state index contributed by atoms with van der Waals surface area (Å²) < 4.78 is 34.6. The van der Waals surface area contributed by atoms with Crippen LogP contribution in [0.4, 0.5) is 11.4 Å². The van der Waals surface area contributed by atoms with E-state index >= 15 is 0 Å². The quantitative estimate of drug-likeness (QED) is 0.656. The van der Waals surface area contributed by atoms with Gasteiger partial charge in [0.15, 0.2) is 0 Å². The smallest absolute Gasteiger partial charge is 0.286 e. The molecule has 2 aliphatic rings. The molecule has 0 spiro atoms. The van der Waals surface area contributed by atoms with Crippen molar-refractivity contribution < 1.29 is 17.9 Å². The van der Waals surface area contributed by atoms with E-state index in [0.29, 0.717) is 36.7 Å². The first kappa shape index (κ1) is 21.4. The van der Waals surface area contributed by atoms with Crippen LogP contribution in [0, 0.1) is 5.41 Å². The minimum atomic E-state index is -3.73. The van der Waals surface area contributed by atoms with Crippen molar-refractivity contribution in [3.05, 3.63) is 48.5 Å². The van der Waals surface area contributed by atoms with Gasteiger partial charge in [-0.15, -0.1) is 4.40 Å². The second-order valence-electron chi connectivity index (χ2n) is 8.20. The average molecular weight is 442 g/mol. The van der Waals surface area contributed by atoms with Gasteiger partial charge in [-0.1, -0.05) is 25.0 Å². The SMILES string of the molecule is CCOc1ccc(NC(=O)CC2(CC3=NS(=O)(=O)c4ccccc4N3)CCCC2)cc1. The molecular formula is C23H27N3O4S. The highest BCUT2D eigenvalue weighted by atomic mass is 32.2. The topological polar surface area (TPSA) is 96.9 Å². The van der Waals surface area contributed by atoms with Crippen LogP contribution in [0.2, 0.25) is 0 Å². The van der Waals surface area contributed by atoms with Gasteiger partial charge < -0.3 is 15.4 Å². The zero-order chi connectivity index (χ0) is 21.9. The van der Waals surface area contributed by atoms with Gasteiger partial charge in [0.1, 0.15) is 16.5 Å². The van der Waals surface area contributed by atoms with Crippen LogP contribution >= 0.6 is 0 Å². The maximum Gasteiger partial charge on any atom is 0.286 e. The summed E-state index contributed by atoms with van der Waals surface area (Å²) in [5, 5.41) is 6.13. The molecular weight excluding hydrogens is 414 g/mol. The molecule has 1 saturated carbocycles. The molecule has 1 fully saturated rings. The van der Waals surface area contributed by atoms with Crippen molar-refractivity contribution in [2.45, 2.75) is 50.3 Å². The van der Waals surface area contributed by atoms with Crippen LogP contribution in [0.15, 0.2) is 57.8 Å². The van der Waals surface area contributed by atoms with Crippen molar-refractivity contribution in [1.82, 2.24) is 0 Å². The standard InChI is InChI=1S/C23H27N3O4S/c1-2-30-18-11-9-17(10-12-18)24-22(27)16-23(13-5-6-14-23)15-21-25-19-7-3-4-8-20(19)31(28,29)26-21/h3-4,7-12H,2,5-6,13-16H2,1H3,(H,24,27)(H,25,26). The highest BCUT2D eigenvalue weighted by molar-refractivity contribution is 7.90. The number of hydrogen-bond donors (Lipinski definition) is 2. The van der Waals surface area contributed by atoms with Gasteiger partial charge in [-0.25, -0.2) is 0 Å². The molecule has 1 heterocycles. The summed E-state index contributed by atoms with van der Waals surface area (Å²) in [5.74, 6) is 1.09. The van der Waals surface area contributed by atoms with E-state index in [2.05, 4.69) is 15.0 Å². The van der Waals surface area contributed by atoms with E-state index in [1.807, 2.05) is 31.2 Å². The Morgan fingerprint density at radius 1 is 1.13 bits per heavy atom. The van der Waals surface area contributed by atoms with Crippen LogP contribution in [0.3, 0.4) is 0 Å². The van der Waals surface area contributed by atoms with Crippen LogP contribution < -0.4 is 15.4 Å². The molecule has 8 heteroatoms. The predicted octanol–water partition coefficient (Wildman–Crippen LogP) is 4.58. The molecule has 2 N–H and O–H groups in total. The Bertz CT molecular complexity index is 1090. The lowest BCUT2D eigenvalue weighted by molar-refractivity contribution is -0.118. The number of fused-ring (bicyclic) bond motifs is 1. The van der Waals surface area contributed by atoms with E-state index in [1.54, 1.807) is 24.3 Å². The van der Waals surface area contributed by atoms with Crippen molar-refractivity contribution in [3.63, 3.8) is 0 Å². The number of amides is 1. The largest absolute Gasteiger partial charge is 0.494 e. The molecule has 0 saturated heterocycles. The van der Waals surface area contributed by atoms with Crippen molar-refractivity contribution in [1.29, 1.82) is 0 Å². The van der Waals surface area contributed by atoms with E-state index in [0.717, 1.165) is 31.4 Å². The molecule has 0 radical (unpaired) electrons. The van der Waals surface area contributed by atoms with Crippen molar-refractivity contribution in [2.75, 3.05) is 17.2 Å². The fraction of sp³-hybridized carbons (Fsp3) is 0.391. The predicted molar refractivity (Wildman–Crippen MR) is 121 cm³/mol. The van der Waals surface area contributed by atoms with Gasteiger partial charge in [-0.05, 0) is 61.6 Å². The first-order valence-corrected chi connectivity index (χ1v) is 12.1. The van der Waals surface area contributed by atoms with Gasteiger partial charge in [-0.2, -0.15) is 8.42 Å². The second-order valence-corrected chi connectivity index (χ2v) is 9.77. The third-order valence-electron chi connectivity index (χ3n) is 5.87. The normalized spacial score (nSPS) is 18.4. The zero-order valence-corrected chi connectivity index (χ0v) is 18.4. The third-order valence-corrected chi connectivity index (χ3v) is 7.24. The second kappa shape index (κ2) is 8.70. The van der Waals surface area contributed by atoms with E-state index in [9.17, 15) is 13.2 Å². The van der Waals surface area contributed by atoms with E-state index in [-0.39, 0.29) is 16.2 Å². The van der Waals surface area contributed by atoms with Crippen molar-refractivity contribution in [2.24, 2.45) is 9.81 Å². The number of carbonyl (C=O) groups excluding carboxylic acids is 1. The molecule has 164 valence electrons. The summed E-state index contributed by atoms with van der Waals surface area (Å²) in [6.45, 7) is 2.51. The summed E-state index contributed by atoms with van der Waals surface area (Å²) in [6.07, 6.45) is 4.53. The number of hydrogen-bond acceptors (Lipinski definition) is 5. The Morgan fingerprint density at radius 2 is 1.84 bits per heavy atom. The summed E-state index contributed by atoms with van der Waals surface area (Å²) in [7, 11) is -3.73. The van der Waals surface area contributed by atoms with E-state index < -0.39 is 10.0 Å². The minimum Gasteiger partial charge on any atom is -0.494 e. The summed E-state index contributed by atoms with van der Waals surface area (Å²) in [6, 6.07) is 14.1. The number of ether oxygens (including phenoxy) is 1. The molecule has 4 rings (SSSR count). The molecule has 0 unspecified atom stereocenters. The monoisotopic (exact) mass is 441 g/mol. The van der Waals surface area contributed by atoms with Crippen molar-refractivity contribution >= 4 is 33.1 Å². The highest BCUT2D eigenvalue weighted by Crippen LogP contribution is 2.45. The number of anilines is 2. The zero-order valence-electron chi connectivity index (χ0n) is 17.6. The highest BCUT2D eigenvalue weighted by Gasteiger charge is 2.39. The maximum absolute atomic E-state index is 12.8. The first-order chi connectivity index (χ1) is 14.9. The van der Waals surface area contributed by atoms with Crippen LogP contribution in [0.5, 0.6) is 5.75 Å². The van der Waals surface area contributed by atoms with Gasteiger partial charge in [0.2, 0.25) is 5.91 Å². The van der Waals surface area contributed by atoms with Crippen LogP contribution in [-0.2, 0) is 14.8 Å². The third kappa shape index (κ3) is 4.90. The first-order valence-electron chi connectivity index (χ1n) is 10.6. The molecule has 1 amide bonds. The lowest BCUT2D eigenvalue weighted by Crippen LogP contribution is -2.32. The number of para-hydroxylation sites is 1. The lowest BCUT2D eigenvalue weighted by Gasteiger charge is -2.30. The molecule has 31 heavy (non-hydrogen) atoms. The van der Waals surface area contributed by atoms with Crippen molar-refractivity contribution in [3.8, 4) is 5.75 Å². The Morgan fingerprint density at radius 3 is 2.55 bits per heavy atom. The Balaban J connectivity index is 1.47. The molecule has 2 aromatic rings. The lowest BCUT2D eigenvalue weighted by atomic mass is 9.78. The number of carbonyl (C=O) groups is 1. The fourth-order valence-electron chi connectivity index (χ4n) is 4.49. The molecule has 2 aromatic carbocycles. The van der Waals surface area contributed by atoms with Gasteiger partial charge in [0, 0.05) is 18.5 Å². The Kier molecular flexibility index (Phi) is 6.00. The fourth-order valence-corrected chi connectivity index (χ4v) is 5.63. The van der Waals surface area contributed by atoms with Gasteiger partial charge in [0.25, 0.3) is 10.0 Å². The average Bonchev–Trinajstić information content (AvgIpc) is 3.17. The van der Waals surface area contributed by atoms with Crippen LogP contribution in [-0.4, -0.2) is 26.8 Å². The molecule has 7 nitrogen and oxygen atoms in total. The number of benzene rings is 2. The maximum atomic E-state index is 12.8. The van der Waals surface area contributed by atoms with Gasteiger partial charge >= 0.3 is 0 Å². The summed E-state index contributed by atoms with van der Waals surface area (Å²) in [4.78, 5) is 13.0. The van der Waals surface area contributed by atoms with E-state index in [4.69, 9.17) is 4.74 Å². The molecule has 1 aliphatic carbocycles. The minimum absolute atomic E-state index is 0.0780.